The lowest BCUT2D eigenvalue weighted by molar-refractivity contribution is -0.119. The summed E-state index contributed by atoms with van der Waals surface area (Å²) in [5, 5.41) is 7.73. The molecule has 0 saturated carbocycles. The van der Waals surface area contributed by atoms with E-state index < -0.39 is 21.5 Å². The minimum atomic E-state index is -3.82. The number of hydrogen-bond acceptors (Lipinski definition) is 4. The van der Waals surface area contributed by atoms with Crippen LogP contribution in [0.1, 0.15) is 26.3 Å². The summed E-state index contributed by atoms with van der Waals surface area (Å²) in [5.74, 6) is -0.373. The fourth-order valence-electron chi connectivity index (χ4n) is 1.60. The fourth-order valence-corrected chi connectivity index (χ4v) is 2.41. The van der Waals surface area contributed by atoms with E-state index >= 15 is 0 Å². The molecule has 0 bridgehead atoms. The molecule has 0 radical (unpaired) electrons. The Morgan fingerprint density at radius 2 is 1.81 bits per heavy atom. The van der Waals surface area contributed by atoms with Crippen LogP contribution in [0.15, 0.2) is 23.1 Å². The zero-order valence-corrected chi connectivity index (χ0v) is 14.1. The summed E-state index contributed by atoms with van der Waals surface area (Å²) < 4.78 is 22.9. The number of benzene rings is 1. The highest BCUT2D eigenvalue weighted by atomic mass is 35.5. The number of carbonyl (C=O) groups is 1. The van der Waals surface area contributed by atoms with Crippen molar-refractivity contribution < 1.29 is 13.2 Å². The van der Waals surface area contributed by atoms with Crippen molar-refractivity contribution in [2.24, 2.45) is 16.3 Å². The number of aryl methyl sites for hydroxylation is 1. The van der Waals surface area contributed by atoms with Crippen molar-refractivity contribution >= 4 is 34.0 Å². The van der Waals surface area contributed by atoms with Crippen molar-refractivity contribution in [2.75, 3.05) is 5.32 Å². The van der Waals surface area contributed by atoms with Crippen molar-refractivity contribution in [2.45, 2.75) is 38.6 Å². The Kier molecular flexibility index (Phi) is 6.37. The van der Waals surface area contributed by atoms with Gasteiger partial charge in [0.15, 0.2) is 0 Å². The minimum absolute atomic E-state index is 0. The number of anilines is 1. The molecule has 8 heteroatoms. The standard InChI is InChI=1S/C13H21N3O3S.ClH/c1-8-5-6-9(7-10(8)20(15,18)19)16-12(17)11(14)13(2,3)4;/h5-7,11H,14H2,1-4H3,(H,16,17)(H2,15,18,19);1H/t11-;/m1./s1. The summed E-state index contributed by atoms with van der Waals surface area (Å²) in [5.41, 5.74) is 6.32. The summed E-state index contributed by atoms with van der Waals surface area (Å²) in [7, 11) is -3.82. The Balaban J connectivity index is 0.00000400. The SMILES string of the molecule is Cc1ccc(NC(=O)[C@@H](N)C(C)(C)C)cc1S(N)(=O)=O.Cl. The number of sulfonamides is 1. The molecule has 5 N–H and O–H groups in total. The van der Waals surface area contributed by atoms with Crippen LogP contribution in [0, 0.1) is 12.3 Å². The van der Waals surface area contributed by atoms with Crippen molar-refractivity contribution in [3.63, 3.8) is 0 Å². The van der Waals surface area contributed by atoms with Crippen molar-refractivity contribution in [3.8, 4) is 0 Å². The second-order valence-corrected chi connectivity index (χ2v) is 7.39. The van der Waals surface area contributed by atoms with Gasteiger partial charge in [-0.1, -0.05) is 26.8 Å². The summed E-state index contributed by atoms with van der Waals surface area (Å²) in [4.78, 5) is 12.0. The molecule has 6 nitrogen and oxygen atoms in total. The van der Waals surface area contributed by atoms with Gasteiger partial charge >= 0.3 is 0 Å². The molecule has 1 rings (SSSR count). The van der Waals surface area contributed by atoms with Crippen molar-refractivity contribution in [1.29, 1.82) is 0 Å². The van der Waals surface area contributed by atoms with E-state index in [-0.39, 0.29) is 23.2 Å². The molecule has 0 aliphatic rings. The maximum atomic E-state index is 12.0. The number of nitrogens with two attached hydrogens (primary N) is 2. The van der Waals surface area contributed by atoms with E-state index in [1.165, 1.54) is 6.07 Å². The molecule has 0 saturated heterocycles. The highest BCUT2D eigenvalue weighted by molar-refractivity contribution is 7.89. The molecule has 0 heterocycles. The van der Waals surface area contributed by atoms with E-state index in [1.807, 2.05) is 20.8 Å². The molecule has 0 unspecified atom stereocenters. The van der Waals surface area contributed by atoms with Crippen LogP contribution in [0.2, 0.25) is 0 Å². The van der Waals surface area contributed by atoms with Gasteiger partial charge in [0.05, 0.1) is 10.9 Å². The number of halogens is 1. The molecule has 1 amide bonds. The Hall–Kier alpha value is -1.15. The van der Waals surface area contributed by atoms with Gasteiger partial charge in [-0.05, 0) is 30.0 Å². The van der Waals surface area contributed by atoms with E-state index in [0.717, 1.165) is 0 Å². The van der Waals surface area contributed by atoms with E-state index in [9.17, 15) is 13.2 Å². The third-order valence-corrected chi connectivity index (χ3v) is 4.03. The lowest BCUT2D eigenvalue weighted by Gasteiger charge is -2.25. The smallest absolute Gasteiger partial charge is 0.241 e. The zero-order chi connectivity index (χ0) is 15.7. The molecule has 120 valence electrons. The lowest BCUT2D eigenvalue weighted by atomic mass is 9.87. The van der Waals surface area contributed by atoms with Gasteiger partial charge in [0.25, 0.3) is 0 Å². The van der Waals surface area contributed by atoms with Gasteiger partial charge < -0.3 is 11.1 Å². The minimum Gasteiger partial charge on any atom is -0.325 e. The molecule has 1 aromatic carbocycles. The maximum Gasteiger partial charge on any atom is 0.241 e. The number of rotatable bonds is 3. The molecule has 0 fully saturated rings. The monoisotopic (exact) mass is 335 g/mol. The van der Waals surface area contributed by atoms with Crippen LogP contribution in [0.3, 0.4) is 0 Å². The van der Waals surface area contributed by atoms with Gasteiger partial charge in [0.2, 0.25) is 15.9 Å². The normalized spacial score (nSPS) is 13.2. The molecule has 0 aromatic heterocycles. The first-order valence-corrected chi connectivity index (χ1v) is 7.67. The fraction of sp³-hybridized carbons (Fsp3) is 0.462. The Morgan fingerprint density at radius 1 is 1.29 bits per heavy atom. The molecule has 21 heavy (non-hydrogen) atoms. The van der Waals surface area contributed by atoms with Crippen LogP contribution >= 0.6 is 12.4 Å². The molecule has 0 aliphatic carbocycles. The van der Waals surface area contributed by atoms with E-state index in [0.29, 0.717) is 11.3 Å². The number of hydrogen-bond donors (Lipinski definition) is 3. The molecule has 0 aliphatic heterocycles. The number of nitrogens with one attached hydrogen (secondary N) is 1. The van der Waals surface area contributed by atoms with Crippen LogP contribution in [0.5, 0.6) is 0 Å². The number of carbonyl (C=O) groups excluding carboxylic acids is 1. The maximum absolute atomic E-state index is 12.0. The van der Waals surface area contributed by atoms with Crippen LogP contribution in [0.25, 0.3) is 0 Å². The van der Waals surface area contributed by atoms with Crippen molar-refractivity contribution in [1.82, 2.24) is 0 Å². The van der Waals surface area contributed by atoms with Gasteiger partial charge in [0, 0.05) is 5.69 Å². The topological polar surface area (TPSA) is 115 Å². The summed E-state index contributed by atoms with van der Waals surface area (Å²) in [6.07, 6.45) is 0. The highest BCUT2D eigenvalue weighted by Crippen LogP contribution is 2.21. The third-order valence-electron chi connectivity index (χ3n) is 2.98. The van der Waals surface area contributed by atoms with Crippen molar-refractivity contribution in [3.05, 3.63) is 23.8 Å². The predicted molar refractivity (Wildman–Crippen MR) is 85.9 cm³/mol. The van der Waals surface area contributed by atoms with Gasteiger partial charge in [-0.15, -0.1) is 12.4 Å². The number of amides is 1. The van der Waals surface area contributed by atoms with Gasteiger partial charge in [-0.25, -0.2) is 13.6 Å². The first kappa shape index (κ1) is 19.9. The number of primary sulfonamides is 1. The van der Waals surface area contributed by atoms with Gasteiger partial charge in [-0.3, -0.25) is 4.79 Å². The van der Waals surface area contributed by atoms with Crippen LogP contribution in [-0.4, -0.2) is 20.4 Å². The first-order chi connectivity index (χ1) is 8.93. The summed E-state index contributed by atoms with van der Waals surface area (Å²) in [6.45, 7) is 7.18. The molecule has 1 aromatic rings. The average molecular weight is 336 g/mol. The molecule has 1 atom stereocenters. The van der Waals surface area contributed by atoms with E-state index in [1.54, 1.807) is 19.1 Å². The summed E-state index contributed by atoms with van der Waals surface area (Å²) >= 11 is 0. The van der Waals surface area contributed by atoms with Crippen LogP contribution < -0.4 is 16.2 Å². The average Bonchev–Trinajstić information content (AvgIpc) is 2.27. The van der Waals surface area contributed by atoms with E-state index in [4.69, 9.17) is 10.9 Å². The largest absolute Gasteiger partial charge is 0.325 e. The van der Waals surface area contributed by atoms with Crippen LogP contribution in [0.4, 0.5) is 5.69 Å². The molecular weight excluding hydrogens is 314 g/mol. The third kappa shape index (κ3) is 5.28. The second-order valence-electron chi connectivity index (χ2n) is 5.86. The van der Waals surface area contributed by atoms with Gasteiger partial charge in [0.1, 0.15) is 0 Å². The Labute approximate surface area is 131 Å². The second kappa shape index (κ2) is 6.74. The molecule has 0 spiro atoms. The van der Waals surface area contributed by atoms with Crippen LogP contribution in [-0.2, 0) is 14.8 Å². The van der Waals surface area contributed by atoms with Gasteiger partial charge in [-0.2, -0.15) is 0 Å². The highest BCUT2D eigenvalue weighted by Gasteiger charge is 2.27. The van der Waals surface area contributed by atoms with E-state index in [2.05, 4.69) is 5.32 Å². The first-order valence-electron chi connectivity index (χ1n) is 6.13. The predicted octanol–water partition coefficient (Wildman–Crippen LogP) is 1.38. The quantitative estimate of drug-likeness (QED) is 0.773. The molecular formula is C13H22ClN3O3S. The Morgan fingerprint density at radius 3 is 2.24 bits per heavy atom. The lowest BCUT2D eigenvalue weighted by Crippen LogP contribution is -2.45. The Bertz CT molecular complexity index is 624. The zero-order valence-electron chi connectivity index (χ0n) is 12.5. The summed E-state index contributed by atoms with van der Waals surface area (Å²) in [6, 6.07) is 3.81.